The predicted octanol–water partition coefficient (Wildman–Crippen LogP) is 2.27. The Balaban J connectivity index is 1.91. The van der Waals surface area contributed by atoms with Crippen molar-refractivity contribution in [3.63, 3.8) is 0 Å². The van der Waals surface area contributed by atoms with Crippen LogP contribution in [0.25, 0.3) is 0 Å². The van der Waals surface area contributed by atoms with E-state index in [4.69, 9.17) is 5.73 Å². The van der Waals surface area contributed by atoms with E-state index in [-0.39, 0.29) is 0 Å². The first-order chi connectivity index (χ1) is 8.38. The first-order valence-corrected chi connectivity index (χ1v) is 6.55. The fraction of sp³-hybridized carbons (Fsp3) is 0.231. The highest BCUT2D eigenvalue weighted by Crippen LogP contribution is 2.20. The average molecular weight is 245 g/mol. The third-order valence-electron chi connectivity index (χ3n) is 2.30. The van der Waals surface area contributed by atoms with Gasteiger partial charge in [-0.3, -0.25) is 0 Å². The normalized spacial score (nSPS) is 10.4. The van der Waals surface area contributed by atoms with Crippen LogP contribution in [-0.4, -0.2) is 16.5 Å². The van der Waals surface area contributed by atoms with Gasteiger partial charge in [-0.05, 0) is 30.7 Å². The van der Waals surface area contributed by atoms with Crippen molar-refractivity contribution < 1.29 is 0 Å². The van der Waals surface area contributed by atoms with Crippen molar-refractivity contribution in [2.75, 3.05) is 6.54 Å². The first-order valence-electron chi connectivity index (χ1n) is 5.56. The van der Waals surface area contributed by atoms with Gasteiger partial charge >= 0.3 is 0 Å². The Morgan fingerprint density at radius 2 is 1.76 bits per heavy atom. The van der Waals surface area contributed by atoms with Crippen molar-refractivity contribution >= 4 is 11.8 Å². The van der Waals surface area contributed by atoms with Crippen molar-refractivity contribution in [3.8, 4) is 0 Å². The summed E-state index contributed by atoms with van der Waals surface area (Å²) in [5.74, 6) is 1.66. The van der Waals surface area contributed by atoms with Gasteiger partial charge in [-0.1, -0.05) is 18.2 Å². The quantitative estimate of drug-likeness (QED) is 0.821. The summed E-state index contributed by atoms with van der Waals surface area (Å²) in [6.07, 6.45) is 4.56. The highest BCUT2D eigenvalue weighted by atomic mass is 32.2. The molecule has 0 saturated carbocycles. The zero-order chi connectivity index (χ0) is 11.9. The summed E-state index contributed by atoms with van der Waals surface area (Å²) < 4.78 is 0. The van der Waals surface area contributed by atoms with Crippen LogP contribution in [0, 0.1) is 0 Å². The third-order valence-corrected chi connectivity index (χ3v) is 3.31. The molecule has 3 nitrogen and oxygen atoms in total. The van der Waals surface area contributed by atoms with Crippen LogP contribution >= 0.6 is 11.8 Å². The molecule has 4 heteroatoms. The number of nitrogens with two attached hydrogens (primary N) is 1. The van der Waals surface area contributed by atoms with Gasteiger partial charge in [0.15, 0.2) is 0 Å². The van der Waals surface area contributed by atoms with Gasteiger partial charge in [0, 0.05) is 17.3 Å². The minimum atomic E-state index is 0.640. The Bertz CT molecular complexity index is 442. The molecule has 2 N–H and O–H groups in total. The van der Waals surface area contributed by atoms with Crippen LogP contribution in [-0.2, 0) is 12.2 Å². The Labute approximate surface area is 105 Å². The minimum absolute atomic E-state index is 0.640. The van der Waals surface area contributed by atoms with Gasteiger partial charge in [0.2, 0.25) is 0 Å². The highest BCUT2D eigenvalue weighted by Gasteiger charge is 1.99. The molecular formula is C13H15N3S. The van der Waals surface area contributed by atoms with Gasteiger partial charge in [0.1, 0.15) is 5.82 Å². The van der Waals surface area contributed by atoms with Gasteiger partial charge in [-0.25, -0.2) is 9.97 Å². The maximum Gasteiger partial charge on any atom is 0.138 e. The predicted molar refractivity (Wildman–Crippen MR) is 70.8 cm³/mol. The Hall–Kier alpha value is -1.39. The fourth-order valence-corrected chi connectivity index (χ4v) is 2.21. The van der Waals surface area contributed by atoms with Crippen LogP contribution in [0.1, 0.15) is 11.4 Å². The SMILES string of the molecule is NCCc1cnc(CSc2ccccc2)nc1. The summed E-state index contributed by atoms with van der Waals surface area (Å²) >= 11 is 1.74. The molecule has 0 radical (unpaired) electrons. The molecule has 0 aliphatic heterocycles. The van der Waals surface area contributed by atoms with Gasteiger partial charge in [-0.15, -0.1) is 11.8 Å². The summed E-state index contributed by atoms with van der Waals surface area (Å²) in [5, 5.41) is 0. The maximum atomic E-state index is 5.47. The van der Waals surface area contributed by atoms with E-state index >= 15 is 0 Å². The molecule has 0 aliphatic carbocycles. The molecule has 0 saturated heterocycles. The van der Waals surface area contributed by atoms with Crippen LogP contribution in [0.2, 0.25) is 0 Å². The molecule has 1 aromatic carbocycles. The largest absolute Gasteiger partial charge is 0.330 e. The van der Waals surface area contributed by atoms with E-state index in [0.29, 0.717) is 6.54 Å². The molecule has 1 aromatic heterocycles. The number of hydrogen-bond donors (Lipinski definition) is 1. The fourth-order valence-electron chi connectivity index (χ4n) is 1.42. The van der Waals surface area contributed by atoms with Gasteiger partial charge in [0.05, 0.1) is 5.75 Å². The summed E-state index contributed by atoms with van der Waals surface area (Å²) in [4.78, 5) is 9.89. The molecule has 1 heterocycles. The van der Waals surface area contributed by atoms with Crippen molar-refractivity contribution in [1.82, 2.24) is 9.97 Å². The summed E-state index contributed by atoms with van der Waals surface area (Å²) in [5.41, 5.74) is 6.57. The number of hydrogen-bond acceptors (Lipinski definition) is 4. The van der Waals surface area contributed by atoms with E-state index in [2.05, 4.69) is 22.1 Å². The molecule has 0 bridgehead atoms. The summed E-state index contributed by atoms with van der Waals surface area (Å²) in [6.45, 7) is 0.640. The molecule has 0 unspecified atom stereocenters. The van der Waals surface area contributed by atoms with E-state index in [1.807, 2.05) is 30.6 Å². The smallest absolute Gasteiger partial charge is 0.138 e. The van der Waals surface area contributed by atoms with E-state index in [1.165, 1.54) is 4.90 Å². The maximum absolute atomic E-state index is 5.47. The lowest BCUT2D eigenvalue weighted by atomic mass is 10.2. The van der Waals surface area contributed by atoms with Crippen molar-refractivity contribution in [3.05, 3.63) is 54.1 Å². The topological polar surface area (TPSA) is 51.8 Å². The number of aromatic nitrogens is 2. The number of rotatable bonds is 5. The number of thioether (sulfide) groups is 1. The Morgan fingerprint density at radius 3 is 2.41 bits per heavy atom. The van der Waals surface area contributed by atoms with Crippen molar-refractivity contribution in [2.24, 2.45) is 5.73 Å². The van der Waals surface area contributed by atoms with Gasteiger partial charge in [-0.2, -0.15) is 0 Å². The van der Waals surface area contributed by atoms with E-state index in [9.17, 15) is 0 Å². The molecule has 0 aliphatic rings. The molecule has 17 heavy (non-hydrogen) atoms. The Morgan fingerprint density at radius 1 is 1.06 bits per heavy atom. The lowest BCUT2D eigenvalue weighted by Gasteiger charge is -2.02. The van der Waals surface area contributed by atoms with Crippen LogP contribution in [0.5, 0.6) is 0 Å². The van der Waals surface area contributed by atoms with Gasteiger partial charge < -0.3 is 5.73 Å². The second-order valence-electron chi connectivity index (χ2n) is 3.65. The van der Waals surface area contributed by atoms with Crippen LogP contribution in [0.4, 0.5) is 0 Å². The van der Waals surface area contributed by atoms with E-state index in [0.717, 1.165) is 23.6 Å². The summed E-state index contributed by atoms with van der Waals surface area (Å²) in [6, 6.07) is 10.3. The molecule has 2 aromatic rings. The number of benzene rings is 1. The Kier molecular flexibility index (Phi) is 4.53. The lowest BCUT2D eigenvalue weighted by Crippen LogP contribution is -2.04. The molecular weight excluding hydrogens is 230 g/mol. The molecule has 2 rings (SSSR count). The van der Waals surface area contributed by atoms with Gasteiger partial charge in [0.25, 0.3) is 0 Å². The summed E-state index contributed by atoms with van der Waals surface area (Å²) in [7, 11) is 0. The number of nitrogens with zero attached hydrogens (tertiary/aromatic N) is 2. The second kappa shape index (κ2) is 6.37. The van der Waals surface area contributed by atoms with Crippen LogP contribution in [0.3, 0.4) is 0 Å². The third kappa shape index (κ3) is 3.84. The molecule has 0 spiro atoms. The zero-order valence-electron chi connectivity index (χ0n) is 9.54. The standard InChI is InChI=1S/C13H15N3S/c14-7-6-11-8-15-13(16-9-11)10-17-12-4-2-1-3-5-12/h1-5,8-9H,6-7,10,14H2. The molecule has 0 amide bonds. The zero-order valence-corrected chi connectivity index (χ0v) is 10.4. The van der Waals surface area contributed by atoms with E-state index in [1.54, 1.807) is 11.8 Å². The minimum Gasteiger partial charge on any atom is -0.330 e. The molecule has 88 valence electrons. The first kappa shape index (κ1) is 12.1. The van der Waals surface area contributed by atoms with E-state index < -0.39 is 0 Å². The molecule has 0 atom stereocenters. The molecule has 0 fully saturated rings. The van der Waals surface area contributed by atoms with Crippen molar-refractivity contribution in [2.45, 2.75) is 17.1 Å². The van der Waals surface area contributed by atoms with Crippen LogP contribution in [0.15, 0.2) is 47.6 Å². The monoisotopic (exact) mass is 245 g/mol. The lowest BCUT2D eigenvalue weighted by molar-refractivity contribution is 0.920. The van der Waals surface area contributed by atoms with Crippen molar-refractivity contribution in [1.29, 1.82) is 0 Å². The second-order valence-corrected chi connectivity index (χ2v) is 4.70. The highest BCUT2D eigenvalue weighted by molar-refractivity contribution is 7.98. The average Bonchev–Trinajstić information content (AvgIpc) is 2.40. The van der Waals surface area contributed by atoms with Crippen LogP contribution < -0.4 is 5.73 Å².